The molecule has 0 spiro atoms. The topological polar surface area (TPSA) is 66.0 Å². The monoisotopic (exact) mass is 664 g/mol. The van der Waals surface area contributed by atoms with Crippen molar-refractivity contribution in [3.05, 3.63) is 114 Å². The lowest BCUT2D eigenvalue weighted by atomic mass is 9.93. The summed E-state index contributed by atoms with van der Waals surface area (Å²) in [5.74, 6) is 3.80. The molecule has 0 fully saturated rings. The fourth-order valence-electron chi connectivity index (χ4n) is 7.62. The molecular formula is C42H44N6O2. The molecular weight excluding hydrogens is 621 g/mol. The van der Waals surface area contributed by atoms with Gasteiger partial charge in [-0.1, -0.05) is 69.7 Å². The number of para-hydroxylation sites is 6. The summed E-state index contributed by atoms with van der Waals surface area (Å²) >= 11 is 0. The molecule has 1 atom stereocenters. The Hall–Kier alpha value is -5.34. The number of benzene rings is 4. The average molecular weight is 665 g/mol. The van der Waals surface area contributed by atoms with Crippen LogP contribution < -0.4 is 19.7 Å². The van der Waals surface area contributed by atoms with Gasteiger partial charge >= 0.3 is 0 Å². The number of anilines is 5. The Kier molecular flexibility index (Phi) is 8.63. The Labute approximate surface area is 295 Å². The highest BCUT2D eigenvalue weighted by molar-refractivity contribution is 5.98. The summed E-state index contributed by atoms with van der Waals surface area (Å²) in [7, 11) is 0. The molecule has 0 aliphatic carbocycles. The van der Waals surface area contributed by atoms with Crippen LogP contribution in [0.25, 0.3) is 11.4 Å². The van der Waals surface area contributed by atoms with Gasteiger partial charge in [-0.3, -0.25) is 4.90 Å². The standard InChI is InChI=1S/C42H44N6O2/c1-5-14-29-22-26-46(24-6-2)42(47(29)25-7-3)38-39-37(49-34-18-11-8-15-31(34)45-39)27-30(41-43-23-21-28(4)44-41)40(38)48-32-16-9-12-19-35(32)50-36-20-13-10-17-33(36)48/h8-13,15-23,27,42,45H,5-7,14,24-26H2,1-4H3. The highest BCUT2D eigenvalue weighted by Crippen LogP contribution is 2.59. The number of nitrogens with one attached hydrogen (secondary N) is 1. The van der Waals surface area contributed by atoms with Crippen molar-refractivity contribution in [2.24, 2.45) is 0 Å². The zero-order valence-electron chi connectivity index (χ0n) is 29.3. The van der Waals surface area contributed by atoms with Gasteiger partial charge in [0.15, 0.2) is 28.8 Å². The fraction of sp³-hybridized carbons (Fsp3) is 0.286. The van der Waals surface area contributed by atoms with Crippen molar-refractivity contribution in [3.8, 4) is 34.4 Å². The van der Waals surface area contributed by atoms with Crippen LogP contribution in [0.1, 0.15) is 63.9 Å². The molecule has 4 aromatic carbocycles. The number of fused-ring (bicyclic) bond motifs is 4. The molecule has 254 valence electrons. The van der Waals surface area contributed by atoms with E-state index >= 15 is 0 Å². The molecule has 0 saturated heterocycles. The van der Waals surface area contributed by atoms with E-state index in [9.17, 15) is 0 Å². The van der Waals surface area contributed by atoms with Gasteiger partial charge in [0, 0.05) is 48.3 Å². The van der Waals surface area contributed by atoms with Crippen LogP contribution in [0.5, 0.6) is 23.0 Å². The third-order valence-corrected chi connectivity index (χ3v) is 9.67. The third kappa shape index (κ3) is 5.53. The van der Waals surface area contributed by atoms with Crippen LogP contribution in [0.4, 0.5) is 28.4 Å². The Bertz CT molecular complexity index is 2030. The Balaban J connectivity index is 1.52. The van der Waals surface area contributed by atoms with Crippen LogP contribution in [-0.4, -0.2) is 39.4 Å². The lowest BCUT2D eigenvalue weighted by molar-refractivity contribution is 0.0573. The summed E-state index contributed by atoms with van der Waals surface area (Å²) in [4.78, 5) is 17.6. The molecule has 5 aromatic rings. The minimum absolute atomic E-state index is 0.0986. The second-order valence-corrected chi connectivity index (χ2v) is 13.2. The first kappa shape index (κ1) is 31.9. The minimum Gasteiger partial charge on any atom is -0.453 e. The van der Waals surface area contributed by atoms with Gasteiger partial charge < -0.3 is 24.6 Å². The van der Waals surface area contributed by atoms with E-state index in [1.165, 1.54) is 5.70 Å². The number of aromatic nitrogens is 2. The smallest absolute Gasteiger partial charge is 0.161 e. The van der Waals surface area contributed by atoms with E-state index < -0.39 is 0 Å². The van der Waals surface area contributed by atoms with Gasteiger partial charge in [-0.05, 0) is 74.7 Å². The molecule has 0 amide bonds. The van der Waals surface area contributed by atoms with Crippen molar-refractivity contribution < 1.29 is 9.47 Å². The molecule has 0 bridgehead atoms. The molecule has 1 N–H and O–H groups in total. The largest absolute Gasteiger partial charge is 0.453 e. The molecule has 8 nitrogen and oxygen atoms in total. The number of allylic oxidation sites excluding steroid dienone is 1. The van der Waals surface area contributed by atoms with Crippen molar-refractivity contribution >= 4 is 28.4 Å². The van der Waals surface area contributed by atoms with Crippen LogP contribution in [0.3, 0.4) is 0 Å². The first-order chi connectivity index (χ1) is 24.6. The van der Waals surface area contributed by atoms with Gasteiger partial charge in [0.2, 0.25) is 0 Å². The van der Waals surface area contributed by atoms with Crippen molar-refractivity contribution in [1.29, 1.82) is 0 Å². The van der Waals surface area contributed by atoms with Gasteiger partial charge in [0.25, 0.3) is 0 Å². The van der Waals surface area contributed by atoms with Crippen molar-refractivity contribution in [2.45, 2.75) is 59.5 Å². The Morgan fingerprint density at radius 1 is 0.780 bits per heavy atom. The number of nitrogens with zero attached hydrogens (tertiary/aromatic N) is 5. The SMILES string of the molecule is CCCC1=CCN(CCC)C(c2c3c(cc(-c4nccc(C)n4)c2N2c4ccccc4Oc4ccccc42)Oc2ccccc2N3)N1CCC. The summed E-state index contributed by atoms with van der Waals surface area (Å²) in [6.07, 6.45) is 8.35. The first-order valence-corrected chi connectivity index (χ1v) is 18.0. The first-order valence-electron chi connectivity index (χ1n) is 18.0. The molecule has 0 saturated carbocycles. The maximum absolute atomic E-state index is 6.83. The number of hydrogen-bond acceptors (Lipinski definition) is 8. The van der Waals surface area contributed by atoms with Crippen molar-refractivity contribution in [1.82, 2.24) is 19.8 Å². The highest BCUT2D eigenvalue weighted by atomic mass is 16.5. The summed E-state index contributed by atoms with van der Waals surface area (Å²) < 4.78 is 13.4. The highest BCUT2D eigenvalue weighted by Gasteiger charge is 2.41. The van der Waals surface area contributed by atoms with Gasteiger partial charge in [0.1, 0.15) is 6.17 Å². The predicted molar refractivity (Wildman–Crippen MR) is 201 cm³/mol. The summed E-state index contributed by atoms with van der Waals surface area (Å²) in [5.41, 5.74) is 9.16. The maximum Gasteiger partial charge on any atom is 0.161 e. The van der Waals surface area contributed by atoms with Gasteiger partial charge in [-0.2, -0.15) is 0 Å². The van der Waals surface area contributed by atoms with Crippen molar-refractivity contribution in [3.63, 3.8) is 0 Å². The van der Waals surface area contributed by atoms with Gasteiger partial charge in [-0.25, -0.2) is 9.97 Å². The molecule has 3 aliphatic heterocycles. The lowest BCUT2D eigenvalue weighted by Crippen LogP contribution is -2.46. The zero-order chi connectivity index (χ0) is 34.2. The van der Waals surface area contributed by atoms with E-state index in [0.29, 0.717) is 5.82 Å². The average Bonchev–Trinajstić information content (AvgIpc) is 3.14. The Morgan fingerprint density at radius 3 is 2.16 bits per heavy atom. The van der Waals surface area contributed by atoms with Gasteiger partial charge in [-0.15, -0.1) is 0 Å². The van der Waals surface area contributed by atoms with Crippen molar-refractivity contribution in [2.75, 3.05) is 29.9 Å². The maximum atomic E-state index is 6.83. The molecule has 1 aromatic heterocycles. The minimum atomic E-state index is -0.0986. The Morgan fingerprint density at radius 2 is 1.46 bits per heavy atom. The zero-order valence-corrected chi connectivity index (χ0v) is 29.3. The van der Waals surface area contributed by atoms with E-state index in [4.69, 9.17) is 19.4 Å². The quantitative estimate of drug-likeness (QED) is 0.164. The van der Waals surface area contributed by atoms with E-state index in [1.807, 2.05) is 55.6 Å². The number of hydrogen-bond donors (Lipinski definition) is 1. The van der Waals surface area contributed by atoms with Crippen LogP contribution >= 0.6 is 0 Å². The van der Waals surface area contributed by atoms with E-state index in [0.717, 1.165) is 114 Å². The van der Waals surface area contributed by atoms with E-state index in [2.05, 4.69) is 89.3 Å². The lowest BCUT2D eigenvalue weighted by Gasteiger charge is -2.48. The molecule has 8 heteroatoms. The summed E-state index contributed by atoms with van der Waals surface area (Å²) in [6, 6.07) is 28.9. The van der Waals surface area contributed by atoms with Crippen LogP contribution in [0.2, 0.25) is 0 Å². The van der Waals surface area contributed by atoms with E-state index in [1.54, 1.807) is 0 Å². The number of ether oxygens (including phenoxy) is 2. The molecule has 1 unspecified atom stereocenters. The van der Waals surface area contributed by atoms with Crippen LogP contribution in [0.15, 0.2) is 103 Å². The number of rotatable bonds is 9. The molecule has 8 rings (SSSR count). The fourth-order valence-corrected chi connectivity index (χ4v) is 7.62. The second kappa shape index (κ2) is 13.5. The predicted octanol–water partition coefficient (Wildman–Crippen LogP) is 11.0. The molecule has 50 heavy (non-hydrogen) atoms. The van der Waals surface area contributed by atoms with E-state index in [-0.39, 0.29) is 6.17 Å². The number of aryl methyl sites for hydroxylation is 1. The van der Waals surface area contributed by atoms with Gasteiger partial charge in [0.05, 0.1) is 28.4 Å². The molecule has 0 radical (unpaired) electrons. The van der Waals surface area contributed by atoms with Crippen LogP contribution in [-0.2, 0) is 0 Å². The summed E-state index contributed by atoms with van der Waals surface area (Å²) in [5, 5.41) is 3.90. The third-order valence-electron chi connectivity index (χ3n) is 9.67. The molecule has 3 aliphatic rings. The van der Waals surface area contributed by atoms with Crippen LogP contribution in [0, 0.1) is 6.92 Å². The second-order valence-electron chi connectivity index (χ2n) is 13.2. The normalized spacial score (nSPS) is 16.2. The molecule has 4 heterocycles. The summed E-state index contributed by atoms with van der Waals surface area (Å²) in [6.45, 7) is 11.6.